The smallest absolute Gasteiger partial charge is 0.141 e. The zero-order valence-electron chi connectivity index (χ0n) is 9.90. The Kier molecular flexibility index (Phi) is 4.36. The van der Waals surface area contributed by atoms with E-state index in [1.54, 1.807) is 0 Å². The van der Waals surface area contributed by atoms with E-state index in [1.165, 1.54) is 3.57 Å². The van der Waals surface area contributed by atoms with Gasteiger partial charge in [-0.3, -0.25) is 4.79 Å². The van der Waals surface area contributed by atoms with E-state index in [0.717, 1.165) is 11.1 Å². The minimum atomic E-state index is 0.210. The number of rotatable bonds is 4. The normalized spacial score (nSPS) is 10.3. The molecule has 0 atom stereocenters. The zero-order chi connectivity index (χ0) is 13.0. The van der Waals surface area contributed by atoms with Gasteiger partial charge < -0.3 is 5.73 Å². The molecule has 0 bridgehead atoms. The van der Waals surface area contributed by atoms with Crippen molar-refractivity contribution in [3.63, 3.8) is 0 Å². The summed E-state index contributed by atoms with van der Waals surface area (Å²) in [7, 11) is 0. The van der Waals surface area contributed by atoms with Crippen molar-refractivity contribution in [1.82, 2.24) is 0 Å². The molecule has 0 amide bonds. The number of halogens is 1. The minimum Gasteiger partial charge on any atom is -0.399 e. The van der Waals surface area contributed by atoms with Crippen LogP contribution in [0.25, 0.3) is 0 Å². The van der Waals surface area contributed by atoms with Gasteiger partial charge in [-0.05, 0) is 58.0 Å². The molecule has 0 radical (unpaired) electrons. The number of hydrogen-bond acceptors (Lipinski definition) is 2. The maximum atomic E-state index is 11.9. The first-order valence-corrected chi connectivity index (χ1v) is 6.82. The average molecular weight is 351 g/mol. The molecular weight excluding hydrogens is 337 g/mol. The summed E-state index contributed by atoms with van der Waals surface area (Å²) in [6, 6.07) is 15.5. The minimum absolute atomic E-state index is 0.210. The molecule has 2 nitrogen and oxygen atoms in total. The van der Waals surface area contributed by atoms with Crippen LogP contribution in [0, 0.1) is 3.57 Å². The highest BCUT2D eigenvalue weighted by Crippen LogP contribution is 2.11. The number of ketones is 1. The second-order valence-electron chi connectivity index (χ2n) is 4.26. The van der Waals surface area contributed by atoms with Crippen molar-refractivity contribution < 1.29 is 4.79 Å². The fourth-order valence-corrected chi connectivity index (χ4v) is 2.18. The van der Waals surface area contributed by atoms with E-state index in [0.29, 0.717) is 18.5 Å². The quantitative estimate of drug-likeness (QED) is 0.679. The molecule has 2 aromatic rings. The maximum absolute atomic E-state index is 11.9. The Labute approximate surface area is 120 Å². The molecule has 18 heavy (non-hydrogen) atoms. The standard InChI is InChI=1S/C15H14INO/c16-13-6-4-11(5-7-13)9-15(18)10-12-2-1-3-14(17)8-12/h1-8H,9-10,17H2. The molecule has 0 saturated heterocycles. The topological polar surface area (TPSA) is 43.1 Å². The highest BCUT2D eigenvalue weighted by atomic mass is 127. The molecule has 92 valence electrons. The summed E-state index contributed by atoms with van der Waals surface area (Å²) >= 11 is 2.25. The summed E-state index contributed by atoms with van der Waals surface area (Å²) in [5, 5.41) is 0. The molecule has 0 saturated carbocycles. The molecule has 2 rings (SSSR count). The van der Waals surface area contributed by atoms with Crippen molar-refractivity contribution in [1.29, 1.82) is 0 Å². The lowest BCUT2D eigenvalue weighted by Gasteiger charge is -2.03. The molecule has 0 spiro atoms. The van der Waals surface area contributed by atoms with E-state index in [4.69, 9.17) is 5.73 Å². The van der Waals surface area contributed by atoms with Gasteiger partial charge in [0, 0.05) is 22.1 Å². The fourth-order valence-electron chi connectivity index (χ4n) is 1.82. The van der Waals surface area contributed by atoms with E-state index in [9.17, 15) is 4.79 Å². The van der Waals surface area contributed by atoms with Crippen molar-refractivity contribution >= 4 is 34.1 Å². The molecule has 0 unspecified atom stereocenters. The van der Waals surface area contributed by atoms with E-state index < -0.39 is 0 Å². The first-order chi connectivity index (χ1) is 8.63. The number of nitrogens with two attached hydrogens (primary N) is 1. The van der Waals surface area contributed by atoms with Crippen LogP contribution >= 0.6 is 22.6 Å². The Morgan fingerprint density at radius 1 is 1.00 bits per heavy atom. The van der Waals surface area contributed by atoms with Crippen molar-refractivity contribution in [2.45, 2.75) is 12.8 Å². The van der Waals surface area contributed by atoms with Gasteiger partial charge in [0.1, 0.15) is 5.78 Å². The molecule has 2 aromatic carbocycles. The lowest BCUT2D eigenvalue weighted by Crippen LogP contribution is -2.06. The number of benzene rings is 2. The van der Waals surface area contributed by atoms with Crippen LogP contribution in [0.3, 0.4) is 0 Å². The van der Waals surface area contributed by atoms with Crippen LogP contribution in [0.2, 0.25) is 0 Å². The van der Waals surface area contributed by atoms with E-state index in [-0.39, 0.29) is 5.78 Å². The van der Waals surface area contributed by atoms with Crippen LogP contribution in [0.15, 0.2) is 48.5 Å². The summed E-state index contributed by atoms with van der Waals surface area (Å²) in [6.07, 6.45) is 0.919. The third-order valence-electron chi connectivity index (χ3n) is 2.67. The summed E-state index contributed by atoms with van der Waals surface area (Å²) in [4.78, 5) is 11.9. The van der Waals surface area contributed by atoms with Gasteiger partial charge in [-0.15, -0.1) is 0 Å². The van der Waals surface area contributed by atoms with E-state index in [1.807, 2.05) is 48.5 Å². The van der Waals surface area contributed by atoms with Gasteiger partial charge in [0.25, 0.3) is 0 Å². The van der Waals surface area contributed by atoms with Gasteiger partial charge >= 0.3 is 0 Å². The van der Waals surface area contributed by atoms with Crippen molar-refractivity contribution in [2.75, 3.05) is 5.73 Å². The molecule has 0 fully saturated rings. The van der Waals surface area contributed by atoms with Gasteiger partial charge in [0.2, 0.25) is 0 Å². The number of hydrogen-bond donors (Lipinski definition) is 1. The van der Waals surface area contributed by atoms with Crippen LogP contribution in [0.1, 0.15) is 11.1 Å². The Morgan fingerprint density at radius 3 is 2.33 bits per heavy atom. The predicted molar refractivity (Wildman–Crippen MR) is 82.4 cm³/mol. The number of carbonyl (C=O) groups excluding carboxylic acids is 1. The molecule has 0 aliphatic carbocycles. The first-order valence-electron chi connectivity index (χ1n) is 5.74. The van der Waals surface area contributed by atoms with Gasteiger partial charge in [0.05, 0.1) is 0 Å². The zero-order valence-corrected chi connectivity index (χ0v) is 12.1. The predicted octanol–water partition coefficient (Wildman–Crippen LogP) is 3.23. The van der Waals surface area contributed by atoms with Crippen LogP contribution in [-0.2, 0) is 17.6 Å². The number of Topliss-reactive ketones (excluding diaryl/α,β-unsaturated/α-hetero) is 1. The van der Waals surface area contributed by atoms with Crippen molar-refractivity contribution in [2.24, 2.45) is 0 Å². The second-order valence-corrected chi connectivity index (χ2v) is 5.51. The van der Waals surface area contributed by atoms with Gasteiger partial charge in [-0.2, -0.15) is 0 Å². The number of nitrogen functional groups attached to an aromatic ring is 1. The lowest BCUT2D eigenvalue weighted by atomic mass is 10.0. The van der Waals surface area contributed by atoms with Crippen LogP contribution < -0.4 is 5.73 Å². The Bertz CT molecular complexity index is 549. The maximum Gasteiger partial charge on any atom is 0.141 e. The SMILES string of the molecule is Nc1cccc(CC(=O)Cc2ccc(I)cc2)c1. The monoisotopic (exact) mass is 351 g/mol. The summed E-state index contributed by atoms with van der Waals surface area (Å²) in [5.74, 6) is 0.210. The Morgan fingerprint density at radius 2 is 1.67 bits per heavy atom. The summed E-state index contributed by atoms with van der Waals surface area (Å²) in [6.45, 7) is 0. The van der Waals surface area contributed by atoms with Gasteiger partial charge in [-0.1, -0.05) is 24.3 Å². The number of carbonyl (C=O) groups is 1. The molecule has 0 aromatic heterocycles. The number of anilines is 1. The molecule has 0 aliphatic heterocycles. The molecule has 0 heterocycles. The average Bonchev–Trinajstić information content (AvgIpc) is 2.32. The molecule has 2 N–H and O–H groups in total. The van der Waals surface area contributed by atoms with Crippen molar-refractivity contribution in [3.05, 3.63) is 63.2 Å². The van der Waals surface area contributed by atoms with Crippen molar-refractivity contribution in [3.8, 4) is 0 Å². The van der Waals surface area contributed by atoms with Gasteiger partial charge in [0.15, 0.2) is 0 Å². The third kappa shape index (κ3) is 3.84. The Balaban J connectivity index is 1.98. The molecule has 3 heteroatoms. The van der Waals surface area contributed by atoms with Crippen LogP contribution in [0.4, 0.5) is 5.69 Å². The summed E-state index contributed by atoms with van der Waals surface area (Å²) < 4.78 is 1.18. The largest absolute Gasteiger partial charge is 0.399 e. The van der Waals surface area contributed by atoms with Gasteiger partial charge in [-0.25, -0.2) is 0 Å². The third-order valence-corrected chi connectivity index (χ3v) is 3.39. The van der Waals surface area contributed by atoms with Crippen LogP contribution in [-0.4, -0.2) is 5.78 Å². The summed E-state index contributed by atoms with van der Waals surface area (Å²) in [5.41, 5.74) is 8.43. The molecular formula is C15H14INO. The lowest BCUT2D eigenvalue weighted by molar-refractivity contribution is -0.117. The molecule has 0 aliphatic rings. The van der Waals surface area contributed by atoms with E-state index >= 15 is 0 Å². The Hall–Kier alpha value is -1.36. The fraction of sp³-hybridized carbons (Fsp3) is 0.133. The van der Waals surface area contributed by atoms with E-state index in [2.05, 4.69) is 22.6 Å². The highest BCUT2D eigenvalue weighted by molar-refractivity contribution is 14.1. The first kappa shape index (κ1) is 13.1. The second kappa shape index (κ2) is 6.00. The highest BCUT2D eigenvalue weighted by Gasteiger charge is 2.05. The van der Waals surface area contributed by atoms with Crippen LogP contribution in [0.5, 0.6) is 0 Å².